The van der Waals surface area contributed by atoms with E-state index in [1.807, 2.05) is 24.3 Å². The number of benzene rings is 2. The van der Waals surface area contributed by atoms with Crippen molar-refractivity contribution in [2.24, 2.45) is 0 Å². The molecule has 0 radical (unpaired) electrons. The summed E-state index contributed by atoms with van der Waals surface area (Å²) >= 11 is 1.49. The first-order chi connectivity index (χ1) is 17.5. The highest BCUT2D eigenvalue weighted by atomic mass is 32.2. The Bertz CT molecular complexity index is 1330. The third-order valence-electron chi connectivity index (χ3n) is 6.93. The van der Waals surface area contributed by atoms with E-state index in [4.69, 9.17) is 4.74 Å². The zero-order valence-corrected chi connectivity index (χ0v) is 20.4. The lowest BCUT2D eigenvalue weighted by atomic mass is 10.0. The highest BCUT2D eigenvalue weighted by Crippen LogP contribution is 2.35. The number of rotatable bonds is 5. The number of halogens is 1. The second-order valence-corrected chi connectivity index (χ2v) is 10.3. The fourth-order valence-electron chi connectivity index (χ4n) is 5.08. The Morgan fingerprint density at radius 2 is 2.00 bits per heavy atom. The van der Waals surface area contributed by atoms with Crippen molar-refractivity contribution in [3.63, 3.8) is 0 Å². The summed E-state index contributed by atoms with van der Waals surface area (Å²) in [4.78, 5) is 33.5. The number of nitrogens with zero attached hydrogens (tertiary/aromatic N) is 3. The number of nitrogens with one attached hydrogen (secondary N) is 2. The van der Waals surface area contributed by atoms with E-state index in [1.165, 1.54) is 17.8 Å². The van der Waals surface area contributed by atoms with E-state index in [-0.39, 0.29) is 23.9 Å². The van der Waals surface area contributed by atoms with Crippen molar-refractivity contribution in [1.82, 2.24) is 10.3 Å². The van der Waals surface area contributed by atoms with Gasteiger partial charge >= 0.3 is 6.09 Å². The number of hydrogen-bond acceptors (Lipinski definition) is 7. The van der Waals surface area contributed by atoms with E-state index < -0.39 is 0 Å². The van der Waals surface area contributed by atoms with Crippen LogP contribution in [0.5, 0.6) is 0 Å². The molecule has 3 aromatic rings. The Morgan fingerprint density at radius 1 is 1.14 bits per heavy atom. The molecule has 3 aliphatic heterocycles. The predicted molar refractivity (Wildman–Crippen MR) is 138 cm³/mol. The van der Waals surface area contributed by atoms with Gasteiger partial charge in [-0.2, -0.15) is 0 Å². The molecule has 2 aromatic carbocycles. The molecule has 2 amide bonds. The number of ether oxygens (including phenoxy) is 1. The Labute approximate surface area is 212 Å². The molecule has 1 unspecified atom stereocenters. The minimum Gasteiger partial charge on any atom is -0.443 e. The normalized spacial score (nSPS) is 20.4. The summed E-state index contributed by atoms with van der Waals surface area (Å²) in [7, 11) is 0. The van der Waals surface area contributed by atoms with Gasteiger partial charge in [-0.15, -0.1) is 11.8 Å². The summed E-state index contributed by atoms with van der Waals surface area (Å²) in [6, 6.07) is 12.6. The van der Waals surface area contributed by atoms with Crippen LogP contribution in [-0.2, 0) is 9.53 Å². The number of pyridine rings is 1. The third kappa shape index (κ3) is 4.58. The van der Waals surface area contributed by atoms with Gasteiger partial charge in [0.05, 0.1) is 23.5 Å². The van der Waals surface area contributed by atoms with Crippen LogP contribution in [0.25, 0.3) is 10.9 Å². The minimum atomic E-state index is -0.372. The highest BCUT2D eigenvalue weighted by molar-refractivity contribution is 8.00. The zero-order valence-electron chi connectivity index (χ0n) is 19.6. The van der Waals surface area contributed by atoms with Crippen LogP contribution in [0.4, 0.5) is 26.2 Å². The number of piperidine rings is 1. The molecule has 6 rings (SSSR count). The van der Waals surface area contributed by atoms with Crippen LogP contribution >= 0.6 is 11.8 Å². The molecule has 2 fully saturated rings. The third-order valence-corrected chi connectivity index (χ3v) is 8.01. The van der Waals surface area contributed by atoms with E-state index in [9.17, 15) is 14.0 Å². The van der Waals surface area contributed by atoms with Crippen molar-refractivity contribution in [2.45, 2.75) is 29.9 Å². The molecule has 4 heterocycles. The molecule has 2 N–H and O–H groups in total. The maximum absolute atomic E-state index is 13.8. The van der Waals surface area contributed by atoms with E-state index >= 15 is 0 Å². The number of anilines is 3. The summed E-state index contributed by atoms with van der Waals surface area (Å²) in [5.41, 5.74) is 3.26. The van der Waals surface area contributed by atoms with Crippen molar-refractivity contribution < 1.29 is 18.7 Å². The van der Waals surface area contributed by atoms with Crippen LogP contribution in [0.1, 0.15) is 12.8 Å². The van der Waals surface area contributed by atoms with Crippen molar-refractivity contribution in [3.05, 3.63) is 54.5 Å². The molecule has 0 aliphatic carbocycles. The lowest BCUT2D eigenvalue weighted by Crippen LogP contribution is -2.45. The van der Waals surface area contributed by atoms with E-state index in [0.717, 1.165) is 58.8 Å². The van der Waals surface area contributed by atoms with Crippen molar-refractivity contribution in [3.8, 4) is 0 Å². The van der Waals surface area contributed by atoms with E-state index in [1.54, 1.807) is 23.2 Å². The SMILES string of the molecule is O=C1CSc2ccc(N3CC(CNC4CCN(c5ccnc6ccc(F)cc56)CC4)OC3=O)cc2N1. The first kappa shape index (κ1) is 23.1. The van der Waals surface area contributed by atoms with E-state index in [0.29, 0.717) is 24.9 Å². The van der Waals surface area contributed by atoms with Gasteiger partial charge in [0.15, 0.2) is 0 Å². The minimum absolute atomic E-state index is 0.0361. The van der Waals surface area contributed by atoms with Gasteiger partial charge in [0.1, 0.15) is 11.9 Å². The molecule has 186 valence electrons. The fourth-order valence-corrected chi connectivity index (χ4v) is 5.87. The van der Waals surface area contributed by atoms with Gasteiger partial charge in [-0.25, -0.2) is 9.18 Å². The maximum atomic E-state index is 13.8. The largest absolute Gasteiger partial charge is 0.443 e. The number of hydrogen-bond donors (Lipinski definition) is 2. The van der Waals surface area contributed by atoms with Crippen LogP contribution < -0.4 is 20.4 Å². The van der Waals surface area contributed by atoms with E-state index in [2.05, 4.69) is 20.5 Å². The lowest BCUT2D eigenvalue weighted by Gasteiger charge is -2.35. The first-order valence-corrected chi connectivity index (χ1v) is 13.1. The Balaban J connectivity index is 1.04. The molecule has 1 atom stereocenters. The van der Waals surface area contributed by atoms with Crippen molar-refractivity contribution in [2.75, 3.05) is 47.0 Å². The fraction of sp³-hybridized carbons (Fsp3) is 0.346. The van der Waals surface area contributed by atoms with Crippen LogP contribution in [0.2, 0.25) is 0 Å². The van der Waals surface area contributed by atoms with Gasteiger partial charge in [0, 0.05) is 53.5 Å². The number of aromatic nitrogens is 1. The second-order valence-electron chi connectivity index (χ2n) is 9.29. The van der Waals surface area contributed by atoms with Crippen molar-refractivity contribution >= 4 is 51.7 Å². The van der Waals surface area contributed by atoms with Gasteiger partial charge in [0.2, 0.25) is 5.91 Å². The summed E-state index contributed by atoms with van der Waals surface area (Å²) in [6.45, 7) is 2.73. The molecule has 8 nitrogen and oxygen atoms in total. The number of carbonyl (C=O) groups is 2. The van der Waals surface area contributed by atoms with Gasteiger partial charge in [0.25, 0.3) is 0 Å². The van der Waals surface area contributed by atoms with Crippen LogP contribution in [0.3, 0.4) is 0 Å². The summed E-state index contributed by atoms with van der Waals surface area (Å²) in [5.74, 6) is 0.112. The maximum Gasteiger partial charge on any atom is 0.414 e. The van der Waals surface area contributed by atoms with Crippen LogP contribution in [0.15, 0.2) is 53.6 Å². The number of thioether (sulfide) groups is 1. The zero-order chi connectivity index (χ0) is 24.6. The molecular weight excluding hydrogens is 481 g/mol. The molecule has 1 aromatic heterocycles. The first-order valence-electron chi connectivity index (χ1n) is 12.1. The van der Waals surface area contributed by atoms with Crippen LogP contribution in [-0.4, -0.2) is 61.1 Å². The average Bonchev–Trinajstić information content (AvgIpc) is 3.27. The van der Waals surface area contributed by atoms with Gasteiger partial charge in [-0.1, -0.05) is 0 Å². The topological polar surface area (TPSA) is 86.8 Å². The monoisotopic (exact) mass is 507 g/mol. The van der Waals surface area contributed by atoms with Crippen molar-refractivity contribution in [1.29, 1.82) is 0 Å². The molecule has 10 heteroatoms. The molecule has 2 saturated heterocycles. The summed E-state index contributed by atoms with van der Waals surface area (Å²) < 4.78 is 19.4. The summed E-state index contributed by atoms with van der Waals surface area (Å²) in [6.07, 6.45) is 3.03. The quantitative estimate of drug-likeness (QED) is 0.540. The molecule has 0 spiro atoms. The smallest absolute Gasteiger partial charge is 0.414 e. The lowest BCUT2D eigenvalue weighted by molar-refractivity contribution is -0.113. The molecular formula is C26H26FN5O3S. The molecule has 0 saturated carbocycles. The summed E-state index contributed by atoms with van der Waals surface area (Å²) in [5, 5.41) is 7.27. The Hall–Kier alpha value is -3.37. The molecule has 0 bridgehead atoms. The average molecular weight is 508 g/mol. The molecule has 36 heavy (non-hydrogen) atoms. The Kier molecular flexibility index (Phi) is 6.14. The van der Waals surface area contributed by atoms with Gasteiger partial charge < -0.3 is 20.3 Å². The Morgan fingerprint density at radius 3 is 2.86 bits per heavy atom. The number of cyclic esters (lactones) is 1. The highest BCUT2D eigenvalue weighted by Gasteiger charge is 2.33. The van der Waals surface area contributed by atoms with Crippen LogP contribution in [0, 0.1) is 5.82 Å². The van der Waals surface area contributed by atoms with Gasteiger partial charge in [-0.05, 0) is 55.3 Å². The number of amides is 2. The standard InChI is InChI=1S/C26H26FN5O3S/c27-16-1-3-21-20(11-16)23(5-8-28-21)31-9-6-17(7-10-31)29-13-19-14-32(26(34)35-19)18-2-4-24-22(12-18)30-25(33)15-36-24/h1-5,8,11-12,17,19,29H,6-7,9-10,13-15H2,(H,30,33). The number of fused-ring (bicyclic) bond motifs is 2. The molecule has 3 aliphatic rings. The van der Waals surface area contributed by atoms with Gasteiger partial charge in [-0.3, -0.25) is 14.7 Å². The second kappa shape index (κ2) is 9.59. The predicted octanol–water partition coefficient (Wildman–Crippen LogP) is 4.00. The number of carbonyl (C=O) groups excluding carboxylic acids is 2.